The number of hydrogen-bond donors (Lipinski definition) is 0. The van der Waals surface area contributed by atoms with Gasteiger partial charge in [-0.1, -0.05) is 0 Å². The first-order chi connectivity index (χ1) is 9.78. The van der Waals surface area contributed by atoms with Gasteiger partial charge in [0.1, 0.15) is 12.9 Å². The van der Waals surface area contributed by atoms with Crippen molar-refractivity contribution in [3.05, 3.63) is 47.8 Å². The number of aldehydes is 1. The molecule has 0 atom stereocenters. The van der Waals surface area contributed by atoms with Gasteiger partial charge < -0.3 is 14.2 Å². The van der Waals surface area contributed by atoms with Gasteiger partial charge in [0, 0.05) is 18.0 Å². The smallest absolute Gasteiger partial charge is 0.203 e. The molecule has 0 aliphatic carbocycles. The number of ether oxygens (including phenoxy) is 3. The summed E-state index contributed by atoms with van der Waals surface area (Å²) in [5.74, 6) is 1.39. The molecule has 1 aromatic heterocycles. The summed E-state index contributed by atoms with van der Waals surface area (Å²) < 4.78 is 16.2. The Hall–Kier alpha value is -2.56. The fraction of sp³-hybridized carbons (Fsp3) is 0.200. The highest BCUT2D eigenvalue weighted by Crippen LogP contribution is 2.38. The van der Waals surface area contributed by atoms with E-state index in [2.05, 4.69) is 4.98 Å². The van der Waals surface area contributed by atoms with Crippen LogP contribution in [0.25, 0.3) is 0 Å². The van der Waals surface area contributed by atoms with Crippen LogP contribution in [0.2, 0.25) is 0 Å². The molecule has 0 spiro atoms. The van der Waals surface area contributed by atoms with Crippen molar-refractivity contribution < 1.29 is 19.0 Å². The molecule has 0 radical (unpaired) electrons. The molecule has 0 unspecified atom stereocenters. The van der Waals surface area contributed by atoms with E-state index in [0.29, 0.717) is 29.4 Å². The van der Waals surface area contributed by atoms with Crippen molar-refractivity contribution in [1.82, 2.24) is 4.98 Å². The average Bonchev–Trinajstić information content (AvgIpc) is 2.52. The maximum atomic E-state index is 10.9. The number of benzene rings is 1. The normalized spacial score (nSPS) is 9.90. The highest BCUT2D eigenvalue weighted by Gasteiger charge is 2.14. The Morgan fingerprint density at radius 2 is 1.70 bits per heavy atom. The van der Waals surface area contributed by atoms with E-state index in [4.69, 9.17) is 14.2 Å². The van der Waals surface area contributed by atoms with Crippen molar-refractivity contribution in [3.63, 3.8) is 0 Å². The molecule has 2 aromatic rings. The van der Waals surface area contributed by atoms with Crippen LogP contribution in [-0.4, -0.2) is 25.5 Å². The molecule has 1 heterocycles. The molecule has 1 aromatic carbocycles. The van der Waals surface area contributed by atoms with Gasteiger partial charge in [-0.05, 0) is 29.8 Å². The third kappa shape index (κ3) is 3.06. The molecule has 20 heavy (non-hydrogen) atoms. The van der Waals surface area contributed by atoms with Gasteiger partial charge in [-0.2, -0.15) is 0 Å². The van der Waals surface area contributed by atoms with Gasteiger partial charge >= 0.3 is 0 Å². The highest BCUT2D eigenvalue weighted by molar-refractivity contribution is 5.78. The molecule has 0 N–H and O–H groups in total. The molecule has 0 aliphatic heterocycles. The Morgan fingerprint density at radius 1 is 1.10 bits per heavy atom. The van der Waals surface area contributed by atoms with E-state index >= 15 is 0 Å². The first kappa shape index (κ1) is 13.9. The molecule has 0 saturated heterocycles. The lowest BCUT2D eigenvalue weighted by atomic mass is 10.2. The first-order valence-corrected chi connectivity index (χ1v) is 6.01. The van der Waals surface area contributed by atoms with E-state index in [-0.39, 0.29) is 0 Å². The maximum Gasteiger partial charge on any atom is 0.203 e. The first-order valence-electron chi connectivity index (χ1n) is 6.01. The molecule has 104 valence electrons. The van der Waals surface area contributed by atoms with Crippen LogP contribution in [0.15, 0.2) is 36.7 Å². The summed E-state index contributed by atoms with van der Waals surface area (Å²) in [6.45, 7) is 0.357. The predicted molar refractivity (Wildman–Crippen MR) is 73.5 cm³/mol. The summed E-state index contributed by atoms with van der Waals surface area (Å²) >= 11 is 0. The Kier molecular flexibility index (Phi) is 4.55. The van der Waals surface area contributed by atoms with Crippen LogP contribution in [0.1, 0.15) is 15.9 Å². The number of aromatic nitrogens is 1. The quantitative estimate of drug-likeness (QED) is 0.757. The van der Waals surface area contributed by atoms with Gasteiger partial charge in [-0.15, -0.1) is 0 Å². The van der Waals surface area contributed by atoms with E-state index in [9.17, 15) is 4.79 Å². The second-order valence-corrected chi connectivity index (χ2v) is 4.02. The second-order valence-electron chi connectivity index (χ2n) is 4.02. The highest BCUT2D eigenvalue weighted by atomic mass is 16.5. The largest absolute Gasteiger partial charge is 0.493 e. The minimum atomic E-state index is 0.357. The Morgan fingerprint density at radius 3 is 2.20 bits per heavy atom. The van der Waals surface area contributed by atoms with Crippen LogP contribution in [0.3, 0.4) is 0 Å². The SMILES string of the molecule is COc1cc(C=O)cc(OC)c1OCc1ccncc1. The van der Waals surface area contributed by atoms with Crippen molar-refractivity contribution in [2.45, 2.75) is 6.61 Å². The van der Waals surface area contributed by atoms with Crippen molar-refractivity contribution in [2.24, 2.45) is 0 Å². The summed E-state index contributed by atoms with van der Waals surface area (Å²) in [5.41, 5.74) is 1.44. The number of pyridine rings is 1. The summed E-state index contributed by atoms with van der Waals surface area (Å²) in [4.78, 5) is 14.8. The predicted octanol–water partition coefficient (Wildman–Crippen LogP) is 2.49. The fourth-order valence-electron chi connectivity index (χ4n) is 1.74. The third-order valence-corrected chi connectivity index (χ3v) is 2.75. The summed E-state index contributed by atoms with van der Waals surface area (Å²) in [6, 6.07) is 6.94. The van der Waals surface area contributed by atoms with Gasteiger partial charge in [-0.3, -0.25) is 9.78 Å². The number of hydrogen-bond acceptors (Lipinski definition) is 5. The number of methoxy groups -OCH3 is 2. The van der Waals surface area contributed by atoms with E-state index in [0.717, 1.165) is 11.8 Å². The van der Waals surface area contributed by atoms with E-state index < -0.39 is 0 Å². The Labute approximate surface area is 117 Å². The number of carbonyl (C=O) groups is 1. The van der Waals surface area contributed by atoms with Crippen molar-refractivity contribution in [2.75, 3.05) is 14.2 Å². The van der Waals surface area contributed by atoms with Crippen molar-refractivity contribution >= 4 is 6.29 Å². The molecule has 0 fully saturated rings. The summed E-state index contributed by atoms with van der Waals surface area (Å²) in [6.07, 6.45) is 4.13. The fourth-order valence-corrected chi connectivity index (χ4v) is 1.74. The molecule has 2 rings (SSSR count). The Bertz CT molecular complexity index is 559. The van der Waals surface area contributed by atoms with Crippen LogP contribution < -0.4 is 14.2 Å². The average molecular weight is 273 g/mol. The molecule has 5 heteroatoms. The maximum absolute atomic E-state index is 10.9. The minimum absolute atomic E-state index is 0.357. The number of rotatable bonds is 6. The van der Waals surface area contributed by atoms with Gasteiger partial charge in [0.2, 0.25) is 5.75 Å². The van der Waals surface area contributed by atoms with Gasteiger partial charge in [0.15, 0.2) is 11.5 Å². The number of nitrogens with zero attached hydrogens (tertiary/aromatic N) is 1. The molecule has 5 nitrogen and oxygen atoms in total. The van der Waals surface area contributed by atoms with Crippen molar-refractivity contribution in [1.29, 1.82) is 0 Å². The molecule has 0 saturated carbocycles. The van der Waals surface area contributed by atoms with Crippen LogP contribution in [0, 0.1) is 0 Å². The van der Waals surface area contributed by atoms with Crippen LogP contribution in [0.4, 0.5) is 0 Å². The van der Waals surface area contributed by atoms with Crippen LogP contribution in [0.5, 0.6) is 17.2 Å². The lowest BCUT2D eigenvalue weighted by Gasteiger charge is -2.15. The zero-order chi connectivity index (χ0) is 14.4. The zero-order valence-electron chi connectivity index (χ0n) is 11.3. The van der Waals surface area contributed by atoms with E-state index in [1.54, 1.807) is 24.5 Å². The monoisotopic (exact) mass is 273 g/mol. The van der Waals surface area contributed by atoms with Gasteiger partial charge in [-0.25, -0.2) is 0 Å². The minimum Gasteiger partial charge on any atom is -0.493 e. The lowest BCUT2D eigenvalue weighted by Crippen LogP contribution is -2.01. The van der Waals surface area contributed by atoms with E-state index in [1.165, 1.54) is 14.2 Å². The van der Waals surface area contributed by atoms with Crippen LogP contribution >= 0.6 is 0 Å². The van der Waals surface area contributed by atoms with Gasteiger partial charge in [0.25, 0.3) is 0 Å². The Balaban J connectivity index is 2.27. The van der Waals surface area contributed by atoms with Crippen LogP contribution in [-0.2, 0) is 6.61 Å². The van der Waals surface area contributed by atoms with Gasteiger partial charge in [0.05, 0.1) is 14.2 Å². The van der Waals surface area contributed by atoms with Crippen molar-refractivity contribution in [3.8, 4) is 17.2 Å². The van der Waals surface area contributed by atoms with E-state index in [1.807, 2.05) is 12.1 Å². The molecule has 0 aliphatic rings. The lowest BCUT2D eigenvalue weighted by molar-refractivity contribution is 0.112. The number of carbonyl (C=O) groups excluding carboxylic acids is 1. The molecular weight excluding hydrogens is 258 g/mol. The molecule has 0 amide bonds. The molecule has 0 bridgehead atoms. The zero-order valence-corrected chi connectivity index (χ0v) is 11.3. The second kappa shape index (κ2) is 6.56. The standard InChI is InChI=1S/C15H15NO4/c1-18-13-7-12(9-17)8-14(19-2)15(13)20-10-11-3-5-16-6-4-11/h3-9H,10H2,1-2H3. The summed E-state index contributed by atoms with van der Waals surface area (Å²) in [7, 11) is 3.03. The summed E-state index contributed by atoms with van der Waals surface area (Å²) in [5, 5.41) is 0. The third-order valence-electron chi connectivity index (χ3n) is 2.75. The molecular formula is C15H15NO4. The topological polar surface area (TPSA) is 57.7 Å².